The fraction of sp³-hybridized carbons (Fsp3) is 0. The fourth-order valence-electron chi connectivity index (χ4n) is 1.72. The predicted molar refractivity (Wildman–Crippen MR) is 84.7 cm³/mol. The third-order valence-electron chi connectivity index (χ3n) is 2.74. The summed E-state index contributed by atoms with van der Waals surface area (Å²) in [6.07, 6.45) is 6.88. The van der Waals surface area contributed by atoms with Gasteiger partial charge in [-0.1, -0.05) is 17.9 Å². The molecule has 3 aromatic heterocycles. The molecule has 3 aromatic rings. The molecular weight excluding hydrogens is 270 g/mol. The second-order valence-corrected chi connectivity index (χ2v) is 4.39. The minimum Gasteiger partial charge on any atom is -0.263 e. The Morgan fingerprint density at radius 1 is 0.591 bits per heavy atom. The van der Waals surface area contributed by atoms with Gasteiger partial charge < -0.3 is 0 Å². The highest BCUT2D eigenvalue weighted by Crippen LogP contribution is 1.99. The van der Waals surface area contributed by atoms with Crippen LogP contribution < -0.4 is 0 Å². The van der Waals surface area contributed by atoms with E-state index in [-0.39, 0.29) is 0 Å². The largest absolute Gasteiger partial charge is 0.263 e. The van der Waals surface area contributed by atoms with Crippen LogP contribution in [0.15, 0.2) is 67.3 Å². The number of rotatable bonds is 0. The molecule has 0 spiro atoms. The van der Waals surface area contributed by atoms with E-state index in [9.17, 15) is 0 Å². The van der Waals surface area contributed by atoms with Gasteiger partial charge in [-0.05, 0) is 48.2 Å². The number of pyridine rings is 3. The molecule has 0 aliphatic rings. The van der Waals surface area contributed by atoms with Gasteiger partial charge in [0.1, 0.15) is 11.4 Å². The molecule has 3 heteroatoms. The maximum atomic E-state index is 4.41. The lowest BCUT2D eigenvalue weighted by atomic mass is 10.2. The molecule has 0 aliphatic carbocycles. The molecule has 0 bridgehead atoms. The van der Waals surface area contributed by atoms with Gasteiger partial charge in [0.25, 0.3) is 0 Å². The topological polar surface area (TPSA) is 38.7 Å². The Balaban J connectivity index is 1.82. The Kier molecular flexibility index (Phi) is 4.21. The van der Waals surface area contributed by atoms with Crippen molar-refractivity contribution >= 4 is 0 Å². The van der Waals surface area contributed by atoms with Gasteiger partial charge in [0.15, 0.2) is 0 Å². The van der Waals surface area contributed by atoms with Crippen molar-refractivity contribution in [3.05, 3.63) is 89.8 Å². The Bertz CT molecular complexity index is 807. The Hall–Kier alpha value is -3.43. The summed E-state index contributed by atoms with van der Waals surface area (Å²) in [5.41, 5.74) is 3.08. The summed E-state index contributed by atoms with van der Waals surface area (Å²) < 4.78 is 0. The van der Waals surface area contributed by atoms with Gasteiger partial charge in [0.2, 0.25) is 0 Å². The Morgan fingerprint density at radius 3 is 1.59 bits per heavy atom. The van der Waals surface area contributed by atoms with E-state index in [2.05, 4.69) is 38.6 Å². The number of hydrogen-bond acceptors (Lipinski definition) is 3. The van der Waals surface area contributed by atoms with Gasteiger partial charge in [-0.15, -0.1) is 0 Å². The van der Waals surface area contributed by atoms with Crippen molar-refractivity contribution in [2.24, 2.45) is 0 Å². The average molecular weight is 281 g/mol. The quantitative estimate of drug-likeness (QED) is 0.595. The normalized spacial score (nSPS) is 9.09. The van der Waals surface area contributed by atoms with Crippen LogP contribution in [0.3, 0.4) is 0 Å². The van der Waals surface area contributed by atoms with Gasteiger partial charge in [-0.25, -0.2) is 4.98 Å². The van der Waals surface area contributed by atoms with Crippen LogP contribution in [0.2, 0.25) is 0 Å². The highest BCUT2D eigenvalue weighted by Gasteiger charge is 1.92. The van der Waals surface area contributed by atoms with Crippen molar-refractivity contribution in [3.63, 3.8) is 0 Å². The molecular formula is C19H11N3. The van der Waals surface area contributed by atoms with E-state index >= 15 is 0 Å². The van der Waals surface area contributed by atoms with E-state index in [4.69, 9.17) is 0 Å². The minimum atomic E-state index is 0.682. The van der Waals surface area contributed by atoms with E-state index in [1.54, 1.807) is 24.8 Å². The van der Waals surface area contributed by atoms with E-state index in [0.717, 1.165) is 11.1 Å². The molecule has 3 nitrogen and oxygen atoms in total. The van der Waals surface area contributed by atoms with E-state index in [1.165, 1.54) is 0 Å². The molecule has 3 heterocycles. The van der Waals surface area contributed by atoms with Crippen LogP contribution in [-0.2, 0) is 0 Å². The van der Waals surface area contributed by atoms with E-state index < -0.39 is 0 Å². The number of aromatic nitrogens is 3. The van der Waals surface area contributed by atoms with Crippen LogP contribution in [0.25, 0.3) is 0 Å². The first-order valence-electron chi connectivity index (χ1n) is 6.71. The van der Waals surface area contributed by atoms with Crippen molar-refractivity contribution in [1.82, 2.24) is 15.0 Å². The Morgan fingerprint density at radius 2 is 1.14 bits per heavy atom. The molecule has 0 radical (unpaired) electrons. The standard InChI is InChI=1S/C19H11N3/c1-6-18(10-8-16-4-2-12-20-14-16)22-19(7-1)11-9-17-5-3-13-21-15-17/h1-7,12-15H. The third-order valence-corrected chi connectivity index (χ3v) is 2.74. The first kappa shape index (κ1) is 13.5. The van der Waals surface area contributed by atoms with Crippen molar-refractivity contribution in [1.29, 1.82) is 0 Å². The summed E-state index contributed by atoms with van der Waals surface area (Å²) in [5.74, 6) is 12.1. The van der Waals surface area contributed by atoms with Crippen molar-refractivity contribution in [3.8, 4) is 23.7 Å². The zero-order valence-corrected chi connectivity index (χ0v) is 11.7. The fourth-order valence-corrected chi connectivity index (χ4v) is 1.72. The third kappa shape index (κ3) is 3.79. The predicted octanol–water partition coefficient (Wildman–Crippen LogP) is 2.67. The lowest BCUT2D eigenvalue weighted by Crippen LogP contribution is -1.87. The molecule has 22 heavy (non-hydrogen) atoms. The first-order valence-corrected chi connectivity index (χ1v) is 6.71. The zero-order chi connectivity index (χ0) is 15.0. The van der Waals surface area contributed by atoms with E-state index in [1.807, 2.05) is 42.5 Å². The van der Waals surface area contributed by atoms with E-state index in [0.29, 0.717) is 11.4 Å². The smallest absolute Gasteiger partial charge is 0.115 e. The molecule has 0 N–H and O–H groups in total. The summed E-state index contributed by atoms with van der Waals surface area (Å²) in [5, 5.41) is 0. The molecule has 0 unspecified atom stereocenters. The molecule has 0 aliphatic heterocycles. The van der Waals surface area contributed by atoms with Crippen LogP contribution in [0.1, 0.15) is 22.5 Å². The zero-order valence-electron chi connectivity index (χ0n) is 11.7. The van der Waals surface area contributed by atoms with Crippen molar-refractivity contribution in [2.45, 2.75) is 0 Å². The summed E-state index contributed by atoms with van der Waals surface area (Å²) in [6.45, 7) is 0. The van der Waals surface area contributed by atoms with Crippen LogP contribution in [0.5, 0.6) is 0 Å². The summed E-state index contributed by atoms with van der Waals surface area (Å²) in [4.78, 5) is 12.5. The molecule has 3 rings (SSSR count). The molecule has 0 saturated heterocycles. The maximum absolute atomic E-state index is 4.41. The summed E-state index contributed by atoms with van der Waals surface area (Å²) in [7, 11) is 0. The van der Waals surface area contributed by atoms with Crippen LogP contribution >= 0.6 is 0 Å². The SMILES string of the molecule is C(#Cc1cccc(C#Cc2cccnc2)n1)c1cccnc1. The number of hydrogen-bond donors (Lipinski definition) is 0. The van der Waals surface area contributed by atoms with Gasteiger partial charge >= 0.3 is 0 Å². The van der Waals surface area contributed by atoms with Crippen LogP contribution in [0.4, 0.5) is 0 Å². The van der Waals surface area contributed by atoms with Crippen molar-refractivity contribution < 1.29 is 0 Å². The lowest BCUT2D eigenvalue weighted by molar-refractivity contribution is 1.25. The van der Waals surface area contributed by atoms with Gasteiger partial charge in [-0.3, -0.25) is 9.97 Å². The van der Waals surface area contributed by atoms with Crippen LogP contribution in [0, 0.1) is 23.7 Å². The summed E-state index contributed by atoms with van der Waals surface area (Å²) in [6, 6.07) is 13.1. The van der Waals surface area contributed by atoms with Crippen molar-refractivity contribution in [2.75, 3.05) is 0 Å². The second kappa shape index (κ2) is 6.83. The molecule has 0 atom stereocenters. The minimum absolute atomic E-state index is 0.682. The molecule has 0 saturated carbocycles. The molecule has 102 valence electrons. The van der Waals surface area contributed by atoms with Gasteiger partial charge in [0.05, 0.1) is 0 Å². The lowest BCUT2D eigenvalue weighted by Gasteiger charge is -1.92. The highest BCUT2D eigenvalue weighted by atomic mass is 14.7. The first-order chi connectivity index (χ1) is 10.9. The molecule has 0 aromatic carbocycles. The second-order valence-electron chi connectivity index (χ2n) is 4.39. The molecule has 0 fully saturated rings. The Labute approximate surface area is 129 Å². The highest BCUT2D eigenvalue weighted by molar-refractivity contribution is 5.42. The van der Waals surface area contributed by atoms with Gasteiger partial charge in [-0.2, -0.15) is 0 Å². The number of nitrogens with zero attached hydrogens (tertiary/aromatic N) is 3. The molecule has 0 amide bonds. The maximum Gasteiger partial charge on any atom is 0.115 e. The van der Waals surface area contributed by atoms with Crippen LogP contribution in [-0.4, -0.2) is 15.0 Å². The monoisotopic (exact) mass is 281 g/mol. The van der Waals surface area contributed by atoms with Gasteiger partial charge in [0, 0.05) is 35.9 Å². The summed E-state index contributed by atoms with van der Waals surface area (Å²) >= 11 is 0. The average Bonchev–Trinajstić information content (AvgIpc) is 2.60.